The fourth-order valence-electron chi connectivity index (χ4n) is 4.75. The number of aryl methyl sites for hydroxylation is 3. The van der Waals surface area contributed by atoms with E-state index in [1.807, 2.05) is 6.20 Å². The lowest BCUT2D eigenvalue weighted by atomic mass is 9.93. The SMILES string of the molecule is Cc1c(-c2cc(C)c3c(C)cccc3[n+]2C)cc2c(c1C)-n1ccnc1C2. The molecule has 0 N–H and O–H groups in total. The van der Waals surface area contributed by atoms with Crippen LogP contribution in [-0.2, 0) is 13.5 Å². The van der Waals surface area contributed by atoms with Crippen molar-refractivity contribution in [2.45, 2.75) is 34.1 Å². The van der Waals surface area contributed by atoms with Gasteiger partial charge in [0.15, 0.2) is 0 Å². The van der Waals surface area contributed by atoms with Crippen molar-refractivity contribution >= 4 is 10.9 Å². The van der Waals surface area contributed by atoms with Crippen LogP contribution in [0.2, 0.25) is 0 Å². The second-order valence-electron chi connectivity index (χ2n) is 7.81. The zero-order valence-corrected chi connectivity index (χ0v) is 16.6. The summed E-state index contributed by atoms with van der Waals surface area (Å²) in [6.45, 7) is 8.91. The van der Waals surface area contributed by atoms with Gasteiger partial charge in [-0.25, -0.2) is 4.98 Å². The zero-order valence-electron chi connectivity index (χ0n) is 16.6. The van der Waals surface area contributed by atoms with Gasteiger partial charge in [0, 0.05) is 36.5 Å². The summed E-state index contributed by atoms with van der Waals surface area (Å²) in [7, 11) is 2.18. The Kier molecular flexibility index (Phi) is 3.33. The highest BCUT2D eigenvalue weighted by Gasteiger charge is 2.26. The maximum atomic E-state index is 4.52. The van der Waals surface area contributed by atoms with Gasteiger partial charge in [0.1, 0.15) is 12.9 Å². The van der Waals surface area contributed by atoms with Crippen LogP contribution in [0.3, 0.4) is 0 Å². The Morgan fingerprint density at radius 1 is 1.00 bits per heavy atom. The average molecular weight is 354 g/mol. The molecule has 0 saturated heterocycles. The number of hydrogen-bond donors (Lipinski definition) is 0. The first-order chi connectivity index (χ1) is 13.0. The van der Waals surface area contributed by atoms with Crippen molar-refractivity contribution in [3.8, 4) is 16.9 Å². The van der Waals surface area contributed by atoms with Crippen LogP contribution in [0.1, 0.15) is 33.6 Å². The molecule has 0 radical (unpaired) electrons. The maximum absolute atomic E-state index is 4.52. The second-order valence-corrected chi connectivity index (χ2v) is 7.81. The molecule has 134 valence electrons. The van der Waals surface area contributed by atoms with Gasteiger partial charge in [-0.05, 0) is 61.6 Å². The normalized spacial score (nSPS) is 12.5. The van der Waals surface area contributed by atoms with Crippen LogP contribution in [0.5, 0.6) is 0 Å². The summed E-state index contributed by atoms with van der Waals surface area (Å²) in [6, 6.07) is 11.3. The fraction of sp³-hybridized carbons (Fsp3) is 0.250. The molecule has 0 amide bonds. The average Bonchev–Trinajstić information content (AvgIpc) is 3.22. The van der Waals surface area contributed by atoms with Gasteiger partial charge in [-0.3, -0.25) is 0 Å². The number of hydrogen-bond acceptors (Lipinski definition) is 1. The molecule has 2 aromatic heterocycles. The summed E-state index contributed by atoms with van der Waals surface area (Å²) in [5.74, 6) is 1.14. The summed E-state index contributed by atoms with van der Waals surface area (Å²) >= 11 is 0. The summed E-state index contributed by atoms with van der Waals surface area (Å²) in [5, 5.41) is 1.36. The molecule has 0 bridgehead atoms. The van der Waals surface area contributed by atoms with E-state index in [1.54, 1.807) is 0 Å². The molecule has 0 unspecified atom stereocenters. The summed E-state index contributed by atoms with van der Waals surface area (Å²) in [6.07, 6.45) is 4.89. The molecular weight excluding hydrogens is 330 g/mol. The van der Waals surface area contributed by atoms with E-state index in [-0.39, 0.29) is 0 Å². The van der Waals surface area contributed by atoms with Gasteiger partial charge < -0.3 is 4.57 Å². The molecule has 0 aliphatic carbocycles. The van der Waals surface area contributed by atoms with Gasteiger partial charge in [-0.15, -0.1) is 0 Å². The Morgan fingerprint density at radius 3 is 2.63 bits per heavy atom. The molecule has 0 fully saturated rings. The van der Waals surface area contributed by atoms with E-state index in [9.17, 15) is 0 Å². The monoisotopic (exact) mass is 354 g/mol. The van der Waals surface area contributed by atoms with E-state index in [1.165, 1.54) is 55.7 Å². The minimum atomic E-state index is 0.909. The number of fused-ring (bicyclic) bond motifs is 4. The molecule has 1 aliphatic rings. The molecule has 5 rings (SSSR count). The van der Waals surface area contributed by atoms with E-state index in [0.717, 1.165) is 12.2 Å². The van der Waals surface area contributed by atoms with Crippen molar-refractivity contribution in [3.63, 3.8) is 0 Å². The van der Waals surface area contributed by atoms with Crippen LogP contribution >= 0.6 is 0 Å². The topological polar surface area (TPSA) is 21.7 Å². The van der Waals surface area contributed by atoms with Gasteiger partial charge in [0.05, 0.1) is 11.1 Å². The third-order valence-corrected chi connectivity index (χ3v) is 6.25. The van der Waals surface area contributed by atoms with Gasteiger partial charge in [-0.2, -0.15) is 4.57 Å². The van der Waals surface area contributed by atoms with Crippen molar-refractivity contribution in [1.82, 2.24) is 9.55 Å². The summed E-state index contributed by atoms with van der Waals surface area (Å²) in [5.41, 5.74) is 11.9. The molecule has 4 aromatic rings. The minimum Gasteiger partial charge on any atom is -0.303 e. The first-order valence-corrected chi connectivity index (χ1v) is 9.52. The first-order valence-electron chi connectivity index (χ1n) is 9.52. The van der Waals surface area contributed by atoms with Gasteiger partial charge >= 0.3 is 0 Å². The van der Waals surface area contributed by atoms with Gasteiger partial charge in [0.25, 0.3) is 0 Å². The smallest absolute Gasteiger partial charge is 0.213 e. The van der Waals surface area contributed by atoms with Crippen molar-refractivity contribution in [2.75, 3.05) is 0 Å². The largest absolute Gasteiger partial charge is 0.303 e. The Labute approximate surface area is 159 Å². The van der Waals surface area contributed by atoms with Crippen molar-refractivity contribution in [1.29, 1.82) is 0 Å². The minimum absolute atomic E-state index is 0.909. The van der Waals surface area contributed by atoms with Crippen LogP contribution in [-0.4, -0.2) is 9.55 Å². The Hall–Kier alpha value is -2.94. The van der Waals surface area contributed by atoms with Crippen LogP contribution in [0.15, 0.2) is 42.7 Å². The third kappa shape index (κ3) is 2.14. The molecule has 27 heavy (non-hydrogen) atoms. The molecule has 0 saturated carbocycles. The molecule has 1 aliphatic heterocycles. The van der Waals surface area contributed by atoms with Gasteiger partial charge in [-0.1, -0.05) is 12.1 Å². The quantitative estimate of drug-likeness (QED) is 0.401. The summed E-state index contributed by atoms with van der Waals surface area (Å²) < 4.78 is 4.59. The van der Waals surface area contributed by atoms with Crippen LogP contribution in [0.25, 0.3) is 27.8 Å². The Morgan fingerprint density at radius 2 is 1.81 bits per heavy atom. The van der Waals surface area contributed by atoms with Crippen molar-refractivity contribution in [2.24, 2.45) is 7.05 Å². The van der Waals surface area contributed by atoms with E-state index in [4.69, 9.17) is 0 Å². The third-order valence-electron chi connectivity index (χ3n) is 6.25. The maximum Gasteiger partial charge on any atom is 0.213 e. The lowest BCUT2D eigenvalue weighted by molar-refractivity contribution is -0.633. The highest BCUT2D eigenvalue weighted by atomic mass is 15.1. The molecule has 3 heteroatoms. The van der Waals surface area contributed by atoms with Crippen LogP contribution < -0.4 is 4.57 Å². The molecule has 2 aromatic carbocycles. The Bertz CT molecular complexity index is 1240. The highest BCUT2D eigenvalue weighted by Crippen LogP contribution is 2.37. The predicted octanol–water partition coefficient (Wildman–Crippen LogP) is 4.65. The molecule has 3 nitrogen and oxygen atoms in total. The number of rotatable bonds is 1. The number of nitrogens with zero attached hydrogens (tertiary/aromatic N) is 3. The van der Waals surface area contributed by atoms with Crippen molar-refractivity contribution < 1.29 is 4.57 Å². The molecule has 0 spiro atoms. The predicted molar refractivity (Wildman–Crippen MR) is 109 cm³/mol. The van der Waals surface area contributed by atoms with Crippen LogP contribution in [0.4, 0.5) is 0 Å². The number of benzene rings is 2. The van der Waals surface area contributed by atoms with E-state index < -0.39 is 0 Å². The van der Waals surface area contributed by atoms with Gasteiger partial charge in [0.2, 0.25) is 11.2 Å². The molecule has 0 atom stereocenters. The highest BCUT2D eigenvalue weighted by molar-refractivity contribution is 5.85. The number of imidazole rings is 1. The van der Waals surface area contributed by atoms with Crippen LogP contribution in [0, 0.1) is 27.7 Å². The summed E-state index contributed by atoms with van der Waals surface area (Å²) in [4.78, 5) is 4.52. The second kappa shape index (κ2) is 5.53. The Balaban J connectivity index is 1.81. The molecular formula is C24H24N3+. The first kappa shape index (κ1) is 16.2. The van der Waals surface area contributed by atoms with E-state index in [2.05, 4.69) is 85.4 Å². The van der Waals surface area contributed by atoms with E-state index in [0.29, 0.717) is 0 Å². The lowest BCUT2D eigenvalue weighted by Crippen LogP contribution is -2.33. The number of pyridine rings is 1. The standard InChI is InChI=1S/C24H24N3/c1-14-7-6-8-20-23(14)15(2)11-21(26(20)5)19-12-18-13-22-25-9-10-27(22)24(18)17(4)16(19)3/h6-12H,13H2,1-5H3/q+1. The lowest BCUT2D eigenvalue weighted by Gasteiger charge is -2.15. The zero-order chi connectivity index (χ0) is 18.9. The van der Waals surface area contributed by atoms with Crippen molar-refractivity contribution in [3.05, 3.63) is 76.4 Å². The molecule has 3 heterocycles. The number of aromatic nitrogens is 3. The van der Waals surface area contributed by atoms with E-state index >= 15 is 0 Å². The fourth-order valence-corrected chi connectivity index (χ4v) is 4.75.